The lowest BCUT2D eigenvalue weighted by Gasteiger charge is -2.06. The molecule has 0 radical (unpaired) electrons. The van der Waals surface area contributed by atoms with Gasteiger partial charge in [0.05, 0.1) is 6.61 Å². The van der Waals surface area contributed by atoms with Gasteiger partial charge < -0.3 is 9.30 Å². The van der Waals surface area contributed by atoms with Gasteiger partial charge in [0.1, 0.15) is 6.54 Å². The molecule has 4 nitrogen and oxygen atoms in total. The fourth-order valence-corrected chi connectivity index (χ4v) is 2.22. The zero-order valence-corrected chi connectivity index (χ0v) is 11.7. The van der Waals surface area contributed by atoms with E-state index in [1.165, 1.54) is 0 Å². The van der Waals surface area contributed by atoms with Crippen molar-refractivity contribution in [3.8, 4) is 0 Å². The first-order valence-corrected chi connectivity index (χ1v) is 6.95. The molecule has 0 saturated heterocycles. The summed E-state index contributed by atoms with van der Waals surface area (Å²) in [5.41, 5.74) is 1.47. The number of benzene rings is 1. The summed E-state index contributed by atoms with van der Waals surface area (Å²) in [6.07, 6.45) is 5.57. The SMILES string of the molecule is CCCCCOC(=O)Cn1cc(C=O)c2ccccc21. The van der Waals surface area contributed by atoms with Crippen LogP contribution in [0.2, 0.25) is 0 Å². The number of unbranched alkanes of at least 4 members (excludes halogenated alkanes) is 2. The molecule has 4 heteroatoms. The normalized spacial score (nSPS) is 10.7. The van der Waals surface area contributed by atoms with E-state index in [9.17, 15) is 9.59 Å². The lowest BCUT2D eigenvalue weighted by molar-refractivity contribution is -0.144. The number of ether oxygens (including phenoxy) is 1. The summed E-state index contributed by atoms with van der Waals surface area (Å²) < 4.78 is 6.96. The van der Waals surface area contributed by atoms with Crippen LogP contribution in [0.25, 0.3) is 10.9 Å². The molecule has 2 aromatic rings. The Labute approximate surface area is 118 Å². The van der Waals surface area contributed by atoms with Crippen molar-refractivity contribution in [3.63, 3.8) is 0 Å². The van der Waals surface area contributed by atoms with Crippen molar-refractivity contribution in [1.29, 1.82) is 0 Å². The predicted molar refractivity (Wildman–Crippen MR) is 77.8 cm³/mol. The Bertz CT molecular complexity index is 601. The summed E-state index contributed by atoms with van der Waals surface area (Å²) >= 11 is 0. The van der Waals surface area contributed by atoms with Crippen molar-refractivity contribution in [1.82, 2.24) is 4.57 Å². The Balaban J connectivity index is 2.06. The van der Waals surface area contributed by atoms with Crippen LogP contribution in [-0.4, -0.2) is 23.4 Å². The van der Waals surface area contributed by atoms with Gasteiger partial charge in [-0.3, -0.25) is 9.59 Å². The maximum Gasteiger partial charge on any atom is 0.325 e. The van der Waals surface area contributed by atoms with E-state index >= 15 is 0 Å². The number of carbonyl (C=O) groups excluding carboxylic acids is 2. The van der Waals surface area contributed by atoms with Gasteiger partial charge >= 0.3 is 5.97 Å². The van der Waals surface area contributed by atoms with E-state index < -0.39 is 0 Å². The Morgan fingerprint density at radius 2 is 2.10 bits per heavy atom. The standard InChI is InChI=1S/C16H19NO3/c1-2-3-6-9-20-16(19)11-17-10-13(12-18)14-7-4-5-8-15(14)17/h4-5,7-8,10,12H,2-3,6,9,11H2,1H3. The van der Waals surface area contributed by atoms with Gasteiger partial charge in [-0.15, -0.1) is 0 Å². The van der Waals surface area contributed by atoms with Crippen LogP contribution in [0, 0.1) is 0 Å². The zero-order valence-electron chi connectivity index (χ0n) is 11.7. The number of carbonyl (C=O) groups is 2. The molecule has 106 valence electrons. The van der Waals surface area contributed by atoms with Crippen LogP contribution < -0.4 is 0 Å². The van der Waals surface area contributed by atoms with E-state index in [2.05, 4.69) is 6.92 Å². The van der Waals surface area contributed by atoms with Gasteiger partial charge in [-0.05, 0) is 12.5 Å². The van der Waals surface area contributed by atoms with Crippen LogP contribution in [0.1, 0.15) is 36.5 Å². The van der Waals surface area contributed by atoms with Gasteiger partial charge in [0.25, 0.3) is 0 Å². The van der Waals surface area contributed by atoms with Gasteiger partial charge in [-0.25, -0.2) is 0 Å². The number of aromatic nitrogens is 1. The van der Waals surface area contributed by atoms with Crippen molar-refractivity contribution in [2.24, 2.45) is 0 Å². The summed E-state index contributed by atoms with van der Waals surface area (Å²) in [4.78, 5) is 22.8. The van der Waals surface area contributed by atoms with Crippen molar-refractivity contribution in [2.75, 3.05) is 6.61 Å². The predicted octanol–water partition coefficient (Wildman–Crippen LogP) is 3.19. The first-order chi connectivity index (χ1) is 9.76. The highest BCUT2D eigenvalue weighted by Gasteiger charge is 2.10. The summed E-state index contributed by atoms with van der Waals surface area (Å²) in [5.74, 6) is -0.265. The second-order valence-corrected chi connectivity index (χ2v) is 4.77. The van der Waals surface area contributed by atoms with E-state index in [1.807, 2.05) is 24.3 Å². The monoisotopic (exact) mass is 273 g/mol. The average Bonchev–Trinajstić information content (AvgIpc) is 2.82. The minimum atomic E-state index is -0.265. The molecule has 0 fully saturated rings. The van der Waals surface area contributed by atoms with Crippen molar-refractivity contribution < 1.29 is 14.3 Å². The number of fused-ring (bicyclic) bond motifs is 1. The molecule has 0 spiro atoms. The zero-order chi connectivity index (χ0) is 14.4. The lowest BCUT2D eigenvalue weighted by atomic mass is 10.2. The number of hydrogen-bond acceptors (Lipinski definition) is 3. The summed E-state index contributed by atoms with van der Waals surface area (Å²) in [6, 6.07) is 7.54. The average molecular weight is 273 g/mol. The van der Waals surface area contributed by atoms with Crippen LogP contribution in [0.5, 0.6) is 0 Å². The van der Waals surface area contributed by atoms with E-state index in [-0.39, 0.29) is 12.5 Å². The third-order valence-electron chi connectivity index (χ3n) is 3.26. The number of aldehydes is 1. The summed E-state index contributed by atoms with van der Waals surface area (Å²) in [6.45, 7) is 2.71. The molecule has 0 aliphatic rings. The largest absolute Gasteiger partial charge is 0.464 e. The maximum absolute atomic E-state index is 11.8. The first kappa shape index (κ1) is 14.3. The second-order valence-electron chi connectivity index (χ2n) is 4.77. The van der Waals surface area contributed by atoms with Crippen molar-refractivity contribution in [2.45, 2.75) is 32.7 Å². The lowest BCUT2D eigenvalue weighted by Crippen LogP contribution is -2.13. The molecular formula is C16H19NO3. The second kappa shape index (κ2) is 6.89. The van der Waals surface area contributed by atoms with Gasteiger partial charge in [-0.2, -0.15) is 0 Å². The molecule has 0 atom stereocenters. The molecule has 0 saturated carbocycles. The number of para-hydroxylation sites is 1. The third kappa shape index (κ3) is 3.26. The molecule has 0 amide bonds. The molecule has 0 bridgehead atoms. The van der Waals surface area contributed by atoms with E-state index in [4.69, 9.17) is 4.74 Å². The number of nitrogens with zero attached hydrogens (tertiary/aromatic N) is 1. The highest BCUT2D eigenvalue weighted by atomic mass is 16.5. The molecule has 0 unspecified atom stereocenters. The highest BCUT2D eigenvalue weighted by Crippen LogP contribution is 2.19. The molecule has 0 N–H and O–H groups in total. The number of hydrogen-bond donors (Lipinski definition) is 0. The minimum Gasteiger partial charge on any atom is -0.464 e. The maximum atomic E-state index is 11.8. The van der Waals surface area contributed by atoms with E-state index in [0.717, 1.165) is 36.5 Å². The quantitative estimate of drug-likeness (QED) is 0.442. The third-order valence-corrected chi connectivity index (χ3v) is 3.26. The smallest absolute Gasteiger partial charge is 0.325 e. The first-order valence-electron chi connectivity index (χ1n) is 6.95. The van der Waals surface area contributed by atoms with E-state index in [0.29, 0.717) is 12.2 Å². The fourth-order valence-electron chi connectivity index (χ4n) is 2.22. The van der Waals surface area contributed by atoms with Crippen LogP contribution in [-0.2, 0) is 16.1 Å². The van der Waals surface area contributed by atoms with Gasteiger partial charge in [0.2, 0.25) is 0 Å². The molecule has 2 rings (SSSR count). The number of esters is 1. The van der Waals surface area contributed by atoms with Gasteiger partial charge in [-0.1, -0.05) is 38.0 Å². The molecule has 1 aromatic carbocycles. The molecule has 1 aromatic heterocycles. The highest BCUT2D eigenvalue weighted by molar-refractivity contribution is 5.98. The Morgan fingerprint density at radius 1 is 1.30 bits per heavy atom. The molecule has 20 heavy (non-hydrogen) atoms. The fraction of sp³-hybridized carbons (Fsp3) is 0.375. The molecule has 0 aliphatic carbocycles. The van der Waals surface area contributed by atoms with Crippen LogP contribution >= 0.6 is 0 Å². The number of rotatable bonds is 7. The molecular weight excluding hydrogens is 254 g/mol. The molecule has 0 aliphatic heterocycles. The Hall–Kier alpha value is -2.10. The van der Waals surface area contributed by atoms with Gasteiger partial charge in [0, 0.05) is 22.7 Å². The minimum absolute atomic E-state index is 0.139. The van der Waals surface area contributed by atoms with Gasteiger partial charge in [0.15, 0.2) is 6.29 Å². The Kier molecular flexibility index (Phi) is 4.93. The van der Waals surface area contributed by atoms with Crippen LogP contribution in [0.4, 0.5) is 0 Å². The topological polar surface area (TPSA) is 48.3 Å². The Morgan fingerprint density at radius 3 is 2.85 bits per heavy atom. The van der Waals surface area contributed by atoms with Crippen LogP contribution in [0.3, 0.4) is 0 Å². The van der Waals surface area contributed by atoms with Crippen molar-refractivity contribution in [3.05, 3.63) is 36.0 Å². The van der Waals surface area contributed by atoms with E-state index in [1.54, 1.807) is 10.8 Å². The van der Waals surface area contributed by atoms with Crippen LogP contribution in [0.15, 0.2) is 30.5 Å². The summed E-state index contributed by atoms with van der Waals surface area (Å²) in [7, 11) is 0. The van der Waals surface area contributed by atoms with Crippen molar-refractivity contribution >= 4 is 23.2 Å². The summed E-state index contributed by atoms with van der Waals surface area (Å²) in [5, 5.41) is 0.862. The molecule has 1 heterocycles.